The molecule has 0 radical (unpaired) electrons. The van der Waals surface area contributed by atoms with Gasteiger partial charge < -0.3 is 20.1 Å². The fourth-order valence-corrected chi connectivity index (χ4v) is 2.79. The van der Waals surface area contributed by atoms with Gasteiger partial charge in [0.05, 0.1) is 12.6 Å². The zero-order chi connectivity index (χ0) is 20.1. The summed E-state index contributed by atoms with van der Waals surface area (Å²) >= 11 is 5.83. The van der Waals surface area contributed by atoms with E-state index in [9.17, 15) is 9.59 Å². The molecule has 1 aliphatic rings. The third kappa shape index (κ3) is 5.15. The fraction of sp³-hybridized carbons (Fsp3) is 0.300. The largest absolute Gasteiger partial charge is 0.486 e. The van der Waals surface area contributed by atoms with Crippen molar-refractivity contribution in [2.24, 2.45) is 0 Å². The zero-order valence-corrected chi connectivity index (χ0v) is 16.5. The van der Waals surface area contributed by atoms with Crippen molar-refractivity contribution < 1.29 is 19.1 Å². The van der Waals surface area contributed by atoms with Gasteiger partial charge >= 0.3 is 0 Å². The van der Waals surface area contributed by atoms with E-state index in [4.69, 9.17) is 21.1 Å². The number of fused-ring (bicyclic) bond motifs is 1. The summed E-state index contributed by atoms with van der Waals surface area (Å²) in [4.78, 5) is 26.4. The summed E-state index contributed by atoms with van der Waals surface area (Å²) in [5.41, 5.74) is 1.26. The third-order valence-corrected chi connectivity index (χ3v) is 4.62. The van der Waals surface area contributed by atoms with Gasteiger partial charge in [-0.05, 0) is 50.4 Å². The van der Waals surface area contributed by atoms with Crippen LogP contribution in [0.4, 0.5) is 11.4 Å². The van der Waals surface area contributed by atoms with Crippen LogP contribution in [0.3, 0.4) is 0 Å². The molecule has 0 spiro atoms. The maximum Gasteiger partial charge on any atom is 0.241 e. The lowest BCUT2D eigenvalue weighted by atomic mass is 10.2. The summed E-state index contributed by atoms with van der Waals surface area (Å²) < 4.78 is 11.0. The van der Waals surface area contributed by atoms with E-state index < -0.39 is 6.04 Å². The lowest BCUT2D eigenvalue weighted by Gasteiger charge is -2.24. The second-order valence-corrected chi connectivity index (χ2v) is 6.93. The first-order valence-electron chi connectivity index (χ1n) is 8.88. The van der Waals surface area contributed by atoms with Gasteiger partial charge in [0.15, 0.2) is 11.5 Å². The van der Waals surface area contributed by atoms with Gasteiger partial charge in [-0.25, -0.2) is 0 Å². The Morgan fingerprint density at radius 1 is 1.04 bits per heavy atom. The Bertz CT molecular complexity index is 857. The number of hydrogen-bond acceptors (Lipinski definition) is 5. The van der Waals surface area contributed by atoms with Crippen LogP contribution in [0, 0.1) is 0 Å². The van der Waals surface area contributed by atoms with Crippen molar-refractivity contribution >= 4 is 34.8 Å². The molecule has 2 aromatic carbocycles. The number of benzene rings is 2. The SMILES string of the molecule is C[C@H](C(=O)Nc1ccc2c(c1)OCCO2)N(C)CC(=O)Nc1ccc(Cl)cc1. The van der Waals surface area contributed by atoms with E-state index in [2.05, 4.69) is 10.6 Å². The van der Waals surface area contributed by atoms with Crippen LogP contribution >= 0.6 is 11.6 Å². The molecule has 0 aliphatic carbocycles. The van der Waals surface area contributed by atoms with Crippen molar-refractivity contribution in [3.05, 3.63) is 47.5 Å². The Hall–Kier alpha value is -2.77. The normalized spacial score (nSPS) is 13.7. The summed E-state index contributed by atoms with van der Waals surface area (Å²) in [7, 11) is 1.72. The van der Waals surface area contributed by atoms with E-state index >= 15 is 0 Å². The van der Waals surface area contributed by atoms with Crippen molar-refractivity contribution in [3.8, 4) is 11.5 Å². The maximum atomic E-state index is 12.5. The fourth-order valence-electron chi connectivity index (χ4n) is 2.67. The maximum absolute atomic E-state index is 12.5. The Kier molecular flexibility index (Phi) is 6.38. The minimum atomic E-state index is -0.510. The minimum absolute atomic E-state index is 0.0678. The first kappa shape index (κ1) is 20.0. The van der Waals surface area contributed by atoms with Crippen molar-refractivity contribution in [2.75, 3.05) is 37.4 Å². The number of halogens is 1. The molecule has 0 bridgehead atoms. The second kappa shape index (κ2) is 8.95. The summed E-state index contributed by atoms with van der Waals surface area (Å²) in [5, 5.41) is 6.21. The van der Waals surface area contributed by atoms with Gasteiger partial charge in [-0.1, -0.05) is 11.6 Å². The van der Waals surface area contributed by atoms with Gasteiger partial charge in [0.25, 0.3) is 0 Å². The monoisotopic (exact) mass is 403 g/mol. The van der Waals surface area contributed by atoms with Gasteiger partial charge in [-0.3, -0.25) is 14.5 Å². The van der Waals surface area contributed by atoms with Crippen LogP contribution in [0.1, 0.15) is 6.92 Å². The smallest absolute Gasteiger partial charge is 0.241 e. The molecule has 8 heteroatoms. The number of carbonyl (C=O) groups is 2. The molecule has 2 N–H and O–H groups in total. The number of rotatable bonds is 6. The molecular formula is C20H22ClN3O4. The van der Waals surface area contributed by atoms with Crippen molar-refractivity contribution in [2.45, 2.75) is 13.0 Å². The van der Waals surface area contributed by atoms with E-state index in [0.29, 0.717) is 41.1 Å². The summed E-state index contributed by atoms with van der Waals surface area (Å²) in [6.07, 6.45) is 0. The van der Waals surface area contributed by atoms with E-state index in [1.807, 2.05) is 0 Å². The molecule has 2 aromatic rings. The average Bonchev–Trinajstić information content (AvgIpc) is 2.69. The average molecular weight is 404 g/mol. The first-order chi connectivity index (χ1) is 13.4. The van der Waals surface area contributed by atoms with Crippen LogP contribution in [-0.2, 0) is 9.59 Å². The van der Waals surface area contributed by atoms with E-state index in [1.165, 1.54) is 0 Å². The Balaban J connectivity index is 1.53. The number of hydrogen-bond donors (Lipinski definition) is 2. The number of amides is 2. The Labute approximate surface area is 168 Å². The van der Waals surface area contributed by atoms with Gasteiger partial charge in [-0.2, -0.15) is 0 Å². The predicted octanol–water partition coefficient (Wildman–Crippen LogP) is 3.01. The minimum Gasteiger partial charge on any atom is -0.486 e. The highest BCUT2D eigenvalue weighted by Crippen LogP contribution is 2.32. The molecule has 1 aliphatic heterocycles. The summed E-state index contributed by atoms with van der Waals surface area (Å²) in [6, 6.07) is 11.6. The topological polar surface area (TPSA) is 79.9 Å². The Morgan fingerprint density at radius 3 is 2.39 bits per heavy atom. The molecule has 0 aromatic heterocycles. The van der Waals surface area contributed by atoms with Crippen LogP contribution in [0.5, 0.6) is 11.5 Å². The lowest BCUT2D eigenvalue weighted by Crippen LogP contribution is -2.43. The number of carbonyl (C=O) groups excluding carboxylic acids is 2. The van der Waals surface area contributed by atoms with Gasteiger partial charge in [0, 0.05) is 22.5 Å². The van der Waals surface area contributed by atoms with Crippen molar-refractivity contribution in [3.63, 3.8) is 0 Å². The standard InChI is InChI=1S/C20H22ClN3O4/c1-13(24(2)12-19(25)22-15-5-3-14(21)4-6-15)20(26)23-16-7-8-17-18(11-16)28-10-9-27-17/h3-8,11,13H,9-10,12H2,1-2H3,(H,22,25)(H,23,26)/t13-/m1/s1. The van der Waals surface area contributed by atoms with Crippen LogP contribution in [-0.4, -0.2) is 49.6 Å². The zero-order valence-electron chi connectivity index (χ0n) is 15.7. The quantitative estimate of drug-likeness (QED) is 0.775. The molecule has 3 rings (SSSR count). The van der Waals surface area contributed by atoms with Gasteiger partial charge in [0.1, 0.15) is 13.2 Å². The molecule has 1 heterocycles. The van der Waals surface area contributed by atoms with Crippen molar-refractivity contribution in [1.82, 2.24) is 4.90 Å². The van der Waals surface area contributed by atoms with Gasteiger partial charge in [-0.15, -0.1) is 0 Å². The molecule has 0 unspecified atom stereocenters. The lowest BCUT2D eigenvalue weighted by molar-refractivity contribution is -0.122. The molecule has 2 amide bonds. The van der Waals surface area contributed by atoms with E-state index in [0.717, 1.165) is 0 Å². The number of nitrogens with one attached hydrogen (secondary N) is 2. The molecule has 1 atom stereocenters. The molecule has 0 fully saturated rings. The van der Waals surface area contributed by atoms with Crippen LogP contribution in [0.25, 0.3) is 0 Å². The molecule has 148 valence electrons. The second-order valence-electron chi connectivity index (χ2n) is 6.49. The van der Waals surface area contributed by atoms with E-state index in [1.54, 1.807) is 61.3 Å². The molecule has 7 nitrogen and oxygen atoms in total. The molecule has 28 heavy (non-hydrogen) atoms. The number of ether oxygens (including phenoxy) is 2. The van der Waals surface area contributed by atoms with Crippen LogP contribution < -0.4 is 20.1 Å². The van der Waals surface area contributed by atoms with Crippen LogP contribution in [0.15, 0.2) is 42.5 Å². The highest BCUT2D eigenvalue weighted by Gasteiger charge is 2.21. The highest BCUT2D eigenvalue weighted by atomic mass is 35.5. The Morgan fingerprint density at radius 2 is 1.68 bits per heavy atom. The summed E-state index contributed by atoms with van der Waals surface area (Å²) in [5.74, 6) is 0.822. The summed E-state index contributed by atoms with van der Waals surface area (Å²) in [6.45, 7) is 2.80. The first-order valence-corrected chi connectivity index (χ1v) is 9.26. The third-order valence-electron chi connectivity index (χ3n) is 4.37. The van der Waals surface area contributed by atoms with Crippen molar-refractivity contribution in [1.29, 1.82) is 0 Å². The molecule has 0 saturated carbocycles. The number of anilines is 2. The molecular weight excluding hydrogens is 382 g/mol. The van der Waals surface area contributed by atoms with Crippen LogP contribution in [0.2, 0.25) is 5.02 Å². The van der Waals surface area contributed by atoms with Gasteiger partial charge in [0.2, 0.25) is 11.8 Å². The molecule has 0 saturated heterocycles. The highest BCUT2D eigenvalue weighted by molar-refractivity contribution is 6.30. The predicted molar refractivity (Wildman–Crippen MR) is 108 cm³/mol. The number of likely N-dealkylation sites (N-methyl/N-ethyl adjacent to an activating group) is 1. The van der Waals surface area contributed by atoms with E-state index in [-0.39, 0.29) is 18.4 Å². The number of nitrogens with zero attached hydrogens (tertiary/aromatic N) is 1.